The summed E-state index contributed by atoms with van der Waals surface area (Å²) < 4.78 is 5.72. The smallest absolute Gasteiger partial charge is 0.119 e. The second-order valence-electron chi connectivity index (χ2n) is 4.73. The summed E-state index contributed by atoms with van der Waals surface area (Å²) in [4.78, 5) is 1.80. The Hall–Kier alpha value is -1.74. The predicted octanol–water partition coefficient (Wildman–Crippen LogP) is 3.40. The van der Waals surface area contributed by atoms with Crippen LogP contribution in [0.25, 0.3) is 10.8 Å². The molecule has 2 rings (SSSR count). The van der Waals surface area contributed by atoms with E-state index in [2.05, 4.69) is 31.2 Å². The highest BCUT2D eigenvalue weighted by Crippen LogP contribution is 2.25. The quantitative estimate of drug-likeness (QED) is 0.637. The van der Waals surface area contributed by atoms with Crippen molar-refractivity contribution in [3.05, 3.63) is 36.4 Å². The van der Waals surface area contributed by atoms with Crippen LogP contribution in [0.4, 0.5) is 5.69 Å². The lowest BCUT2D eigenvalue weighted by atomic mass is 10.1. The molecule has 19 heavy (non-hydrogen) atoms. The van der Waals surface area contributed by atoms with E-state index in [0.717, 1.165) is 36.3 Å². The Morgan fingerprint density at radius 1 is 1.11 bits per heavy atom. The molecule has 3 heteroatoms. The minimum Gasteiger partial charge on any atom is -0.494 e. The molecule has 0 fully saturated rings. The highest BCUT2D eigenvalue weighted by molar-refractivity contribution is 5.87. The summed E-state index contributed by atoms with van der Waals surface area (Å²) in [5.41, 5.74) is 1.00. The Labute approximate surface area is 114 Å². The molecule has 1 N–H and O–H groups in total. The van der Waals surface area contributed by atoms with Crippen LogP contribution in [0.15, 0.2) is 36.4 Å². The number of unbranched alkanes of at least 4 members (excludes halogenated alkanes) is 1. The molecule has 2 aromatic rings. The van der Waals surface area contributed by atoms with Crippen molar-refractivity contribution in [3.63, 3.8) is 0 Å². The number of fused-ring (bicyclic) bond motifs is 1. The molecular formula is C16H21NO2. The van der Waals surface area contributed by atoms with Crippen molar-refractivity contribution in [3.8, 4) is 5.75 Å². The number of hydrogen-bond donors (Lipinski definition) is 1. The summed E-state index contributed by atoms with van der Waals surface area (Å²) in [5, 5.41) is 11.5. The standard InChI is InChI=1S/C16H21NO2/c1-3-4-9-19-16-8-6-13-5-7-15(17(2)12-18)10-14(13)11-16/h5-8,10-11,18H,3-4,9,12H2,1-2H3. The largest absolute Gasteiger partial charge is 0.494 e. The van der Waals surface area contributed by atoms with E-state index in [-0.39, 0.29) is 6.73 Å². The number of nitrogens with zero attached hydrogens (tertiary/aromatic N) is 1. The van der Waals surface area contributed by atoms with Crippen LogP contribution < -0.4 is 9.64 Å². The van der Waals surface area contributed by atoms with E-state index in [1.54, 1.807) is 4.90 Å². The number of anilines is 1. The fourth-order valence-corrected chi connectivity index (χ4v) is 1.96. The molecule has 0 saturated heterocycles. The lowest BCUT2D eigenvalue weighted by Crippen LogP contribution is -2.17. The van der Waals surface area contributed by atoms with Crippen molar-refractivity contribution in [1.82, 2.24) is 0 Å². The molecular weight excluding hydrogens is 238 g/mol. The first kappa shape index (κ1) is 13.7. The van der Waals surface area contributed by atoms with E-state index in [1.807, 2.05) is 19.2 Å². The van der Waals surface area contributed by atoms with E-state index in [0.29, 0.717) is 0 Å². The average Bonchev–Trinajstić information content (AvgIpc) is 2.46. The molecule has 0 saturated carbocycles. The summed E-state index contributed by atoms with van der Waals surface area (Å²) in [7, 11) is 1.86. The van der Waals surface area contributed by atoms with Crippen LogP contribution in [0.3, 0.4) is 0 Å². The van der Waals surface area contributed by atoms with Gasteiger partial charge in [-0.05, 0) is 41.5 Å². The van der Waals surface area contributed by atoms with Crippen molar-refractivity contribution < 1.29 is 9.84 Å². The third-order valence-corrected chi connectivity index (χ3v) is 3.21. The Morgan fingerprint density at radius 3 is 2.63 bits per heavy atom. The van der Waals surface area contributed by atoms with Crippen LogP contribution in [-0.4, -0.2) is 25.5 Å². The Bertz CT molecular complexity index is 539. The van der Waals surface area contributed by atoms with Gasteiger partial charge < -0.3 is 14.7 Å². The van der Waals surface area contributed by atoms with Gasteiger partial charge in [0.15, 0.2) is 0 Å². The third-order valence-electron chi connectivity index (χ3n) is 3.21. The Morgan fingerprint density at radius 2 is 1.89 bits per heavy atom. The first-order valence-electron chi connectivity index (χ1n) is 6.73. The lowest BCUT2D eigenvalue weighted by molar-refractivity contribution is 0.298. The van der Waals surface area contributed by atoms with E-state index in [4.69, 9.17) is 9.84 Å². The van der Waals surface area contributed by atoms with Gasteiger partial charge in [-0.25, -0.2) is 0 Å². The monoisotopic (exact) mass is 259 g/mol. The predicted molar refractivity (Wildman–Crippen MR) is 79.8 cm³/mol. The Kier molecular flexibility index (Phi) is 4.63. The highest BCUT2D eigenvalue weighted by Gasteiger charge is 2.02. The maximum Gasteiger partial charge on any atom is 0.119 e. The lowest BCUT2D eigenvalue weighted by Gasteiger charge is -2.16. The van der Waals surface area contributed by atoms with Crippen LogP contribution in [0, 0.1) is 0 Å². The van der Waals surface area contributed by atoms with Crippen molar-refractivity contribution >= 4 is 16.5 Å². The number of aliphatic hydroxyl groups is 1. The molecule has 0 aromatic heterocycles. The molecule has 0 bridgehead atoms. The van der Waals surface area contributed by atoms with Gasteiger partial charge >= 0.3 is 0 Å². The number of ether oxygens (including phenoxy) is 1. The van der Waals surface area contributed by atoms with E-state index < -0.39 is 0 Å². The van der Waals surface area contributed by atoms with Gasteiger partial charge in [-0.15, -0.1) is 0 Å². The molecule has 0 spiro atoms. The molecule has 0 heterocycles. The first-order chi connectivity index (χ1) is 9.24. The fraction of sp³-hybridized carbons (Fsp3) is 0.375. The van der Waals surface area contributed by atoms with Crippen molar-refractivity contribution in [2.75, 3.05) is 25.3 Å². The molecule has 0 aliphatic carbocycles. The van der Waals surface area contributed by atoms with Crippen molar-refractivity contribution in [2.45, 2.75) is 19.8 Å². The second kappa shape index (κ2) is 6.43. The maximum absolute atomic E-state index is 9.16. The number of benzene rings is 2. The molecule has 0 aliphatic rings. The van der Waals surface area contributed by atoms with Gasteiger partial charge in [-0.2, -0.15) is 0 Å². The van der Waals surface area contributed by atoms with Crippen LogP contribution >= 0.6 is 0 Å². The maximum atomic E-state index is 9.16. The van der Waals surface area contributed by atoms with Gasteiger partial charge in [0.05, 0.1) is 6.61 Å². The van der Waals surface area contributed by atoms with E-state index in [1.165, 1.54) is 5.39 Å². The molecule has 0 aliphatic heterocycles. The molecule has 3 nitrogen and oxygen atoms in total. The van der Waals surface area contributed by atoms with Gasteiger partial charge in [0.25, 0.3) is 0 Å². The minimum atomic E-state index is 0.0121. The molecule has 2 aromatic carbocycles. The molecule has 0 atom stereocenters. The minimum absolute atomic E-state index is 0.0121. The zero-order valence-electron chi connectivity index (χ0n) is 11.6. The zero-order valence-corrected chi connectivity index (χ0v) is 11.6. The zero-order chi connectivity index (χ0) is 13.7. The van der Waals surface area contributed by atoms with Crippen molar-refractivity contribution in [1.29, 1.82) is 0 Å². The van der Waals surface area contributed by atoms with Gasteiger partial charge in [-0.3, -0.25) is 0 Å². The van der Waals surface area contributed by atoms with Crippen LogP contribution in [-0.2, 0) is 0 Å². The SMILES string of the molecule is CCCCOc1ccc2ccc(N(C)CO)cc2c1. The first-order valence-corrected chi connectivity index (χ1v) is 6.73. The normalized spacial score (nSPS) is 10.7. The summed E-state index contributed by atoms with van der Waals surface area (Å²) in [6.45, 7) is 2.93. The summed E-state index contributed by atoms with van der Waals surface area (Å²) in [6.07, 6.45) is 2.21. The number of aliphatic hydroxyl groups excluding tert-OH is 1. The van der Waals surface area contributed by atoms with Crippen LogP contribution in [0.2, 0.25) is 0 Å². The molecule has 0 unspecified atom stereocenters. The van der Waals surface area contributed by atoms with Crippen molar-refractivity contribution in [2.24, 2.45) is 0 Å². The van der Waals surface area contributed by atoms with Gasteiger partial charge in [0, 0.05) is 12.7 Å². The molecule has 0 radical (unpaired) electrons. The van der Waals surface area contributed by atoms with Gasteiger partial charge in [0.1, 0.15) is 12.5 Å². The summed E-state index contributed by atoms with van der Waals surface area (Å²) >= 11 is 0. The number of hydrogen-bond acceptors (Lipinski definition) is 3. The second-order valence-corrected chi connectivity index (χ2v) is 4.73. The molecule has 102 valence electrons. The average molecular weight is 259 g/mol. The summed E-state index contributed by atoms with van der Waals surface area (Å²) in [6, 6.07) is 12.3. The Balaban J connectivity index is 2.24. The summed E-state index contributed by atoms with van der Waals surface area (Å²) in [5.74, 6) is 0.907. The van der Waals surface area contributed by atoms with E-state index >= 15 is 0 Å². The van der Waals surface area contributed by atoms with Crippen LogP contribution in [0.5, 0.6) is 5.75 Å². The number of rotatable bonds is 6. The third kappa shape index (κ3) is 3.38. The fourth-order valence-electron chi connectivity index (χ4n) is 1.96. The highest BCUT2D eigenvalue weighted by atomic mass is 16.5. The van der Waals surface area contributed by atoms with E-state index in [9.17, 15) is 0 Å². The topological polar surface area (TPSA) is 32.7 Å². The van der Waals surface area contributed by atoms with Gasteiger partial charge in [0.2, 0.25) is 0 Å². The molecule has 0 amide bonds. The van der Waals surface area contributed by atoms with Gasteiger partial charge in [-0.1, -0.05) is 25.5 Å². The van der Waals surface area contributed by atoms with Crippen LogP contribution in [0.1, 0.15) is 19.8 Å².